The van der Waals surface area contributed by atoms with Crippen molar-refractivity contribution in [3.63, 3.8) is 0 Å². The van der Waals surface area contributed by atoms with Gasteiger partial charge in [-0.15, -0.1) is 0 Å². The summed E-state index contributed by atoms with van der Waals surface area (Å²) in [6, 6.07) is 10.4. The Morgan fingerprint density at radius 1 is 1.32 bits per heavy atom. The van der Waals surface area contributed by atoms with Crippen LogP contribution in [-0.4, -0.2) is 19.7 Å². The van der Waals surface area contributed by atoms with Gasteiger partial charge in [-0.05, 0) is 23.8 Å². The van der Waals surface area contributed by atoms with Crippen LogP contribution in [0.1, 0.15) is 5.56 Å². The Balaban J connectivity index is 2.30. The molecule has 19 heavy (non-hydrogen) atoms. The van der Waals surface area contributed by atoms with Crippen molar-refractivity contribution in [3.05, 3.63) is 35.9 Å². The Kier molecular flexibility index (Phi) is 3.19. The minimum absolute atomic E-state index is 0.316. The molecule has 0 unspecified atom stereocenters. The van der Waals surface area contributed by atoms with Gasteiger partial charge < -0.3 is 10.7 Å². The Morgan fingerprint density at radius 3 is 2.42 bits per heavy atom. The Bertz CT molecular complexity index is 739. The minimum Gasteiger partial charge on any atom is -0.384 e. The van der Waals surface area contributed by atoms with Gasteiger partial charge in [-0.25, -0.2) is 8.42 Å². The second kappa shape index (κ2) is 4.66. The maximum absolute atomic E-state index is 11.1. The molecule has 0 aliphatic carbocycles. The average molecular weight is 276 g/mol. The van der Waals surface area contributed by atoms with Crippen LogP contribution in [0.25, 0.3) is 11.3 Å². The fourth-order valence-corrected chi connectivity index (χ4v) is 2.21. The highest BCUT2D eigenvalue weighted by Gasteiger charge is 2.07. The number of anilines is 2. The van der Waals surface area contributed by atoms with Gasteiger partial charge in [-0.3, -0.25) is 4.72 Å². The van der Waals surface area contributed by atoms with Crippen molar-refractivity contribution < 1.29 is 8.42 Å². The van der Waals surface area contributed by atoms with Gasteiger partial charge in [0.15, 0.2) is 0 Å². The first-order chi connectivity index (χ1) is 8.89. The summed E-state index contributed by atoms with van der Waals surface area (Å²) in [6.07, 6.45) is 1.09. The van der Waals surface area contributed by atoms with E-state index in [1.807, 2.05) is 6.07 Å². The van der Waals surface area contributed by atoms with Crippen LogP contribution >= 0.6 is 0 Å². The molecule has 0 aliphatic heterocycles. The lowest BCUT2D eigenvalue weighted by Crippen LogP contribution is -2.09. The number of nitrogens with zero attached hydrogens (tertiary/aromatic N) is 1. The average Bonchev–Trinajstić information content (AvgIpc) is 2.69. The molecule has 4 N–H and O–H groups in total. The fourth-order valence-electron chi connectivity index (χ4n) is 1.65. The molecule has 0 amide bonds. The van der Waals surface area contributed by atoms with Crippen molar-refractivity contribution in [2.24, 2.45) is 0 Å². The highest BCUT2D eigenvalue weighted by atomic mass is 32.2. The number of sulfonamides is 1. The van der Waals surface area contributed by atoms with E-state index in [9.17, 15) is 8.42 Å². The lowest BCUT2D eigenvalue weighted by atomic mass is 10.1. The topological polar surface area (TPSA) is 112 Å². The standard InChI is InChI=1S/C12H12N4O2S/c1-19(17,18)16-10-4-2-8(3-5-10)11-6-9(7-13)12(14)15-11/h2-6,15-16H,14H2,1H3. The van der Waals surface area contributed by atoms with Gasteiger partial charge in [0.25, 0.3) is 0 Å². The third kappa shape index (κ3) is 3.05. The molecule has 2 aromatic rings. The molecule has 0 fully saturated rings. The highest BCUT2D eigenvalue weighted by Crippen LogP contribution is 2.24. The zero-order chi connectivity index (χ0) is 14.0. The molecule has 6 nitrogen and oxygen atoms in total. The van der Waals surface area contributed by atoms with Crippen LogP contribution in [0.2, 0.25) is 0 Å². The lowest BCUT2D eigenvalue weighted by Gasteiger charge is -2.04. The van der Waals surface area contributed by atoms with Crippen molar-refractivity contribution in [2.45, 2.75) is 0 Å². The monoisotopic (exact) mass is 276 g/mol. The number of hydrogen-bond acceptors (Lipinski definition) is 4. The summed E-state index contributed by atoms with van der Waals surface area (Å²) < 4.78 is 24.5. The van der Waals surface area contributed by atoms with E-state index in [4.69, 9.17) is 11.0 Å². The molecule has 0 bridgehead atoms. The van der Waals surface area contributed by atoms with Gasteiger partial charge in [0.1, 0.15) is 11.9 Å². The number of benzene rings is 1. The molecule has 2 rings (SSSR count). The smallest absolute Gasteiger partial charge is 0.229 e. The quantitative estimate of drug-likeness (QED) is 0.788. The molecule has 98 valence electrons. The van der Waals surface area contributed by atoms with Gasteiger partial charge >= 0.3 is 0 Å². The normalized spacial score (nSPS) is 10.9. The van der Waals surface area contributed by atoms with Gasteiger partial charge in [-0.2, -0.15) is 5.26 Å². The molecule has 0 saturated carbocycles. The van der Waals surface area contributed by atoms with E-state index < -0.39 is 10.0 Å². The van der Waals surface area contributed by atoms with E-state index in [1.54, 1.807) is 30.3 Å². The first kappa shape index (κ1) is 13.0. The van der Waals surface area contributed by atoms with E-state index in [2.05, 4.69) is 9.71 Å². The number of nitrogens with one attached hydrogen (secondary N) is 2. The molecular formula is C12H12N4O2S. The van der Waals surface area contributed by atoms with Crippen LogP contribution in [0.4, 0.5) is 11.5 Å². The predicted octanol–water partition coefficient (Wildman–Crippen LogP) is 1.51. The van der Waals surface area contributed by atoms with Crippen LogP contribution in [0.5, 0.6) is 0 Å². The highest BCUT2D eigenvalue weighted by molar-refractivity contribution is 7.92. The van der Waals surface area contributed by atoms with E-state index in [-0.39, 0.29) is 0 Å². The van der Waals surface area contributed by atoms with Gasteiger partial charge in [0, 0.05) is 11.4 Å². The van der Waals surface area contributed by atoms with Crippen molar-refractivity contribution in [3.8, 4) is 17.3 Å². The maximum Gasteiger partial charge on any atom is 0.229 e. The van der Waals surface area contributed by atoms with Crippen molar-refractivity contribution >= 4 is 21.5 Å². The molecule has 1 aromatic heterocycles. The van der Waals surface area contributed by atoms with Gasteiger partial charge in [0.2, 0.25) is 10.0 Å². The van der Waals surface area contributed by atoms with E-state index in [1.165, 1.54) is 0 Å². The van der Waals surface area contributed by atoms with E-state index in [0.29, 0.717) is 22.8 Å². The van der Waals surface area contributed by atoms with E-state index >= 15 is 0 Å². The SMILES string of the molecule is CS(=O)(=O)Nc1ccc(-c2cc(C#N)c(N)[nH]2)cc1. The van der Waals surface area contributed by atoms with Gasteiger partial charge in [-0.1, -0.05) is 12.1 Å². The number of rotatable bonds is 3. The molecule has 0 aliphatic rings. The summed E-state index contributed by atoms with van der Waals surface area (Å²) in [7, 11) is -3.28. The number of nitrogen functional groups attached to an aromatic ring is 1. The van der Waals surface area contributed by atoms with Crippen LogP contribution in [0, 0.1) is 11.3 Å². The number of aromatic nitrogens is 1. The Labute approximate surface area is 110 Å². The third-order valence-corrected chi connectivity index (χ3v) is 3.07. The number of H-pyrrole nitrogens is 1. The summed E-state index contributed by atoms with van der Waals surface area (Å²) in [5.74, 6) is 0.316. The summed E-state index contributed by atoms with van der Waals surface area (Å²) in [5, 5.41) is 8.82. The number of nitriles is 1. The zero-order valence-corrected chi connectivity index (χ0v) is 11.0. The molecule has 7 heteroatoms. The summed E-state index contributed by atoms with van der Waals surface area (Å²) in [6.45, 7) is 0. The second-order valence-electron chi connectivity index (χ2n) is 4.07. The second-order valence-corrected chi connectivity index (χ2v) is 5.82. The fraction of sp³-hybridized carbons (Fsp3) is 0.0833. The third-order valence-electron chi connectivity index (χ3n) is 2.47. The van der Waals surface area contributed by atoms with E-state index in [0.717, 1.165) is 11.8 Å². The molecule has 0 atom stereocenters. The lowest BCUT2D eigenvalue weighted by molar-refractivity contribution is 0.607. The number of aromatic amines is 1. The first-order valence-corrected chi connectivity index (χ1v) is 7.25. The first-order valence-electron chi connectivity index (χ1n) is 5.36. The molecule has 0 radical (unpaired) electrons. The predicted molar refractivity (Wildman–Crippen MR) is 73.8 cm³/mol. The number of hydrogen-bond donors (Lipinski definition) is 3. The molecule has 0 spiro atoms. The van der Waals surface area contributed by atoms with Crippen LogP contribution in [-0.2, 0) is 10.0 Å². The summed E-state index contributed by atoms with van der Waals surface area (Å²) in [4.78, 5) is 2.90. The van der Waals surface area contributed by atoms with Gasteiger partial charge in [0.05, 0.1) is 11.8 Å². The van der Waals surface area contributed by atoms with Crippen molar-refractivity contribution in [1.82, 2.24) is 4.98 Å². The molecule has 1 heterocycles. The van der Waals surface area contributed by atoms with Crippen LogP contribution in [0.15, 0.2) is 30.3 Å². The summed E-state index contributed by atoms with van der Waals surface area (Å²) in [5.41, 5.74) is 8.01. The molecule has 0 saturated heterocycles. The zero-order valence-electron chi connectivity index (χ0n) is 10.1. The van der Waals surface area contributed by atoms with Crippen molar-refractivity contribution in [1.29, 1.82) is 5.26 Å². The van der Waals surface area contributed by atoms with Crippen molar-refractivity contribution in [2.75, 3.05) is 16.7 Å². The Hall–Kier alpha value is -2.46. The number of nitrogens with two attached hydrogens (primary N) is 1. The maximum atomic E-state index is 11.1. The largest absolute Gasteiger partial charge is 0.384 e. The minimum atomic E-state index is -3.28. The van der Waals surface area contributed by atoms with Crippen LogP contribution < -0.4 is 10.5 Å². The molecular weight excluding hydrogens is 264 g/mol. The van der Waals surface area contributed by atoms with Crippen LogP contribution in [0.3, 0.4) is 0 Å². The summed E-state index contributed by atoms with van der Waals surface area (Å²) >= 11 is 0. The Morgan fingerprint density at radius 2 is 1.95 bits per heavy atom. The molecule has 1 aromatic carbocycles.